The molecule has 1 atom stereocenters. The summed E-state index contributed by atoms with van der Waals surface area (Å²) in [5.41, 5.74) is 0.987. The molecule has 7 nitrogen and oxygen atoms in total. The van der Waals surface area contributed by atoms with Crippen molar-refractivity contribution in [3.63, 3.8) is 0 Å². The van der Waals surface area contributed by atoms with Crippen LogP contribution in [0, 0.1) is 5.92 Å². The molecule has 0 spiro atoms. The molecule has 1 amide bonds. The number of phenolic OH excluding ortho intramolecular Hbond substituents is 1. The smallest absolute Gasteiger partial charge is 0.255 e. The third-order valence-corrected chi connectivity index (χ3v) is 4.68. The number of aliphatic hydroxyl groups excluding tert-OH is 1. The van der Waals surface area contributed by atoms with Gasteiger partial charge in [-0.05, 0) is 36.5 Å². The number of benzene rings is 1. The highest BCUT2D eigenvalue weighted by Crippen LogP contribution is 2.38. The first-order chi connectivity index (χ1) is 12.5. The molecule has 0 bridgehead atoms. The summed E-state index contributed by atoms with van der Waals surface area (Å²) in [7, 11) is 3.03. The average molecular weight is 358 g/mol. The standard InChI is InChI=1S/C19H22N2O5/c1-25-14-4-5-15(16(23)9-14)19(24)21-18(12-7-13(22)8-12)11-3-6-17(26-2)20-10-11/h3-6,9-10,12-13,18,22-23H,7-8H2,1-2H3,(H,21,24). The second-order valence-corrected chi connectivity index (χ2v) is 6.35. The molecule has 1 aromatic carbocycles. The van der Waals surface area contributed by atoms with Crippen LogP contribution in [0.2, 0.25) is 0 Å². The van der Waals surface area contributed by atoms with Crippen molar-refractivity contribution < 1.29 is 24.5 Å². The van der Waals surface area contributed by atoms with E-state index in [0.29, 0.717) is 24.5 Å². The molecule has 1 aromatic heterocycles. The fraction of sp³-hybridized carbons (Fsp3) is 0.368. The maximum absolute atomic E-state index is 12.7. The van der Waals surface area contributed by atoms with E-state index in [0.717, 1.165) is 5.56 Å². The van der Waals surface area contributed by atoms with E-state index >= 15 is 0 Å². The number of amides is 1. The van der Waals surface area contributed by atoms with Crippen molar-refractivity contribution in [3.05, 3.63) is 47.7 Å². The number of carbonyl (C=O) groups is 1. The van der Waals surface area contributed by atoms with Gasteiger partial charge in [-0.2, -0.15) is 0 Å². The highest BCUT2D eigenvalue weighted by atomic mass is 16.5. The Balaban J connectivity index is 1.82. The summed E-state index contributed by atoms with van der Waals surface area (Å²) in [6.07, 6.45) is 2.51. The van der Waals surface area contributed by atoms with Gasteiger partial charge in [0.25, 0.3) is 5.91 Å². The van der Waals surface area contributed by atoms with Crippen LogP contribution in [-0.4, -0.2) is 41.4 Å². The third-order valence-electron chi connectivity index (χ3n) is 4.68. The Morgan fingerprint density at radius 1 is 1.23 bits per heavy atom. The number of phenols is 1. The lowest BCUT2D eigenvalue weighted by atomic mass is 9.75. The topological polar surface area (TPSA) is 101 Å². The summed E-state index contributed by atoms with van der Waals surface area (Å²) in [4.78, 5) is 16.9. The van der Waals surface area contributed by atoms with Crippen molar-refractivity contribution in [1.82, 2.24) is 10.3 Å². The minimum atomic E-state index is -0.396. The number of nitrogens with zero attached hydrogens (tertiary/aromatic N) is 1. The fourth-order valence-corrected chi connectivity index (χ4v) is 3.12. The summed E-state index contributed by atoms with van der Waals surface area (Å²) >= 11 is 0. The number of aliphatic hydroxyl groups is 1. The minimum absolute atomic E-state index is 0.101. The van der Waals surface area contributed by atoms with Crippen molar-refractivity contribution >= 4 is 5.91 Å². The van der Waals surface area contributed by atoms with E-state index < -0.39 is 5.91 Å². The van der Waals surface area contributed by atoms with Crippen LogP contribution < -0.4 is 14.8 Å². The average Bonchev–Trinajstić information content (AvgIpc) is 2.63. The van der Waals surface area contributed by atoms with Crippen LogP contribution in [0.1, 0.15) is 34.8 Å². The third kappa shape index (κ3) is 3.72. The quantitative estimate of drug-likeness (QED) is 0.731. The predicted molar refractivity (Wildman–Crippen MR) is 94.4 cm³/mol. The zero-order chi connectivity index (χ0) is 18.7. The molecule has 2 aromatic rings. The van der Waals surface area contributed by atoms with E-state index in [1.54, 1.807) is 18.3 Å². The van der Waals surface area contributed by atoms with E-state index in [4.69, 9.17) is 9.47 Å². The maximum Gasteiger partial charge on any atom is 0.255 e. The van der Waals surface area contributed by atoms with E-state index in [2.05, 4.69) is 10.3 Å². The first kappa shape index (κ1) is 18.0. The Kier molecular flexibility index (Phi) is 5.27. The van der Waals surface area contributed by atoms with E-state index in [-0.39, 0.29) is 29.4 Å². The lowest BCUT2D eigenvalue weighted by molar-refractivity contribution is 0.0234. The molecule has 3 N–H and O–H groups in total. The molecule has 1 saturated carbocycles. The number of methoxy groups -OCH3 is 2. The molecule has 3 rings (SSSR count). The van der Waals surface area contributed by atoms with Crippen LogP contribution in [0.4, 0.5) is 0 Å². The van der Waals surface area contributed by atoms with E-state index in [1.807, 2.05) is 6.07 Å². The van der Waals surface area contributed by atoms with Gasteiger partial charge in [0.15, 0.2) is 0 Å². The lowest BCUT2D eigenvalue weighted by Crippen LogP contribution is -2.41. The van der Waals surface area contributed by atoms with Crippen LogP contribution in [0.25, 0.3) is 0 Å². The van der Waals surface area contributed by atoms with Gasteiger partial charge in [-0.25, -0.2) is 4.98 Å². The van der Waals surface area contributed by atoms with Gasteiger partial charge < -0.3 is 25.0 Å². The van der Waals surface area contributed by atoms with Gasteiger partial charge in [0.05, 0.1) is 31.9 Å². The molecule has 1 fully saturated rings. The van der Waals surface area contributed by atoms with Gasteiger partial charge in [0, 0.05) is 18.3 Å². The zero-order valence-corrected chi connectivity index (χ0v) is 14.7. The predicted octanol–water partition coefficient (Wildman–Crippen LogP) is 2.05. The summed E-state index contributed by atoms with van der Waals surface area (Å²) in [5, 5.41) is 22.7. The largest absolute Gasteiger partial charge is 0.507 e. The summed E-state index contributed by atoms with van der Waals surface area (Å²) in [6.45, 7) is 0. The van der Waals surface area contributed by atoms with Gasteiger partial charge in [0.2, 0.25) is 5.88 Å². The van der Waals surface area contributed by atoms with Gasteiger partial charge >= 0.3 is 0 Å². The van der Waals surface area contributed by atoms with Crippen LogP contribution in [-0.2, 0) is 0 Å². The summed E-state index contributed by atoms with van der Waals surface area (Å²) in [5.74, 6) is 0.510. The highest BCUT2D eigenvalue weighted by Gasteiger charge is 2.36. The number of hydrogen-bond acceptors (Lipinski definition) is 6. The van der Waals surface area contributed by atoms with Crippen molar-refractivity contribution in [2.75, 3.05) is 14.2 Å². The normalized spacial score (nSPS) is 20.0. The van der Waals surface area contributed by atoms with E-state index in [9.17, 15) is 15.0 Å². The number of aromatic nitrogens is 1. The van der Waals surface area contributed by atoms with Crippen LogP contribution >= 0.6 is 0 Å². The molecule has 26 heavy (non-hydrogen) atoms. The second-order valence-electron chi connectivity index (χ2n) is 6.35. The number of ether oxygens (including phenoxy) is 2. The molecule has 1 heterocycles. The Morgan fingerprint density at radius 2 is 2.00 bits per heavy atom. The number of hydrogen-bond donors (Lipinski definition) is 3. The number of rotatable bonds is 6. The molecule has 0 saturated heterocycles. The molecular formula is C19H22N2O5. The highest BCUT2D eigenvalue weighted by molar-refractivity contribution is 5.97. The molecule has 0 radical (unpaired) electrons. The number of aromatic hydroxyl groups is 1. The Morgan fingerprint density at radius 3 is 2.54 bits per heavy atom. The molecular weight excluding hydrogens is 336 g/mol. The van der Waals surface area contributed by atoms with Crippen molar-refractivity contribution in [2.45, 2.75) is 25.0 Å². The molecule has 1 unspecified atom stereocenters. The molecule has 138 valence electrons. The second kappa shape index (κ2) is 7.61. The Labute approximate surface area is 151 Å². The maximum atomic E-state index is 12.7. The van der Waals surface area contributed by atoms with Gasteiger partial charge in [-0.1, -0.05) is 6.07 Å². The first-order valence-corrected chi connectivity index (χ1v) is 8.37. The SMILES string of the molecule is COc1ccc(C(=O)NC(c2ccc(OC)nc2)C2CC(O)C2)c(O)c1. The van der Waals surface area contributed by atoms with Crippen molar-refractivity contribution in [2.24, 2.45) is 5.92 Å². The van der Waals surface area contributed by atoms with Gasteiger partial charge in [0.1, 0.15) is 11.5 Å². The summed E-state index contributed by atoms with van der Waals surface area (Å²) in [6, 6.07) is 7.79. The van der Waals surface area contributed by atoms with Crippen LogP contribution in [0.15, 0.2) is 36.5 Å². The minimum Gasteiger partial charge on any atom is -0.507 e. The Bertz CT molecular complexity index is 772. The molecule has 7 heteroatoms. The molecule has 1 aliphatic rings. The van der Waals surface area contributed by atoms with E-state index in [1.165, 1.54) is 26.4 Å². The zero-order valence-electron chi connectivity index (χ0n) is 14.7. The molecule has 0 aliphatic heterocycles. The Hall–Kier alpha value is -2.80. The lowest BCUT2D eigenvalue weighted by Gasteiger charge is -2.38. The van der Waals surface area contributed by atoms with Crippen LogP contribution in [0.3, 0.4) is 0 Å². The number of pyridine rings is 1. The van der Waals surface area contributed by atoms with Crippen LogP contribution in [0.5, 0.6) is 17.4 Å². The molecule has 1 aliphatic carbocycles. The number of nitrogens with one attached hydrogen (secondary N) is 1. The van der Waals surface area contributed by atoms with Crippen molar-refractivity contribution in [3.8, 4) is 17.4 Å². The van der Waals surface area contributed by atoms with Gasteiger partial charge in [-0.15, -0.1) is 0 Å². The first-order valence-electron chi connectivity index (χ1n) is 8.37. The number of carbonyl (C=O) groups excluding carboxylic acids is 1. The van der Waals surface area contributed by atoms with Gasteiger partial charge in [-0.3, -0.25) is 4.79 Å². The monoisotopic (exact) mass is 358 g/mol. The fourth-order valence-electron chi connectivity index (χ4n) is 3.12. The summed E-state index contributed by atoms with van der Waals surface area (Å²) < 4.78 is 10.1. The van der Waals surface area contributed by atoms with Crippen molar-refractivity contribution in [1.29, 1.82) is 0 Å².